The lowest BCUT2D eigenvalue weighted by Gasteiger charge is -2.21. The van der Waals surface area contributed by atoms with E-state index in [1.807, 2.05) is 34.1 Å². The number of imide groups is 1. The number of nitrogens with zero attached hydrogens (tertiary/aromatic N) is 2. The minimum absolute atomic E-state index is 0.101. The van der Waals surface area contributed by atoms with Gasteiger partial charge in [0.1, 0.15) is 11.5 Å². The molecular formula is C25H32N4O5. The van der Waals surface area contributed by atoms with E-state index in [1.165, 1.54) is 0 Å². The van der Waals surface area contributed by atoms with Gasteiger partial charge in [-0.25, -0.2) is 4.79 Å². The molecule has 34 heavy (non-hydrogen) atoms. The Morgan fingerprint density at radius 1 is 0.853 bits per heavy atom. The number of amides is 4. The summed E-state index contributed by atoms with van der Waals surface area (Å²) in [5.41, 5.74) is 1.65. The molecule has 0 aliphatic carbocycles. The van der Waals surface area contributed by atoms with E-state index >= 15 is 0 Å². The molecule has 0 spiro atoms. The van der Waals surface area contributed by atoms with E-state index in [1.54, 1.807) is 38.5 Å². The van der Waals surface area contributed by atoms with Gasteiger partial charge in [-0.15, -0.1) is 0 Å². The molecule has 0 atom stereocenters. The van der Waals surface area contributed by atoms with Gasteiger partial charge >= 0.3 is 6.03 Å². The highest BCUT2D eigenvalue weighted by Gasteiger charge is 2.21. The summed E-state index contributed by atoms with van der Waals surface area (Å²) in [6.45, 7) is 2.60. The number of carbonyl (C=O) groups excluding carboxylic acids is 3. The number of hydrogen-bond donors (Lipinski definition) is 2. The van der Waals surface area contributed by atoms with Crippen molar-refractivity contribution in [2.75, 3.05) is 52.3 Å². The fourth-order valence-corrected chi connectivity index (χ4v) is 3.79. The summed E-state index contributed by atoms with van der Waals surface area (Å²) < 4.78 is 10.2. The van der Waals surface area contributed by atoms with Crippen LogP contribution in [0.4, 0.5) is 10.5 Å². The van der Waals surface area contributed by atoms with Gasteiger partial charge in [0.15, 0.2) is 0 Å². The first-order valence-corrected chi connectivity index (χ1v) is 11.3. The van der Waals surface area contributed by atoms with Gasteiger partial charge in [0, 0.05) is 38.3 Å². The average molecular weight is 469 g/mol. The molecule has 2 aromatic carbocycles. The van der Waals surface area contributed by atoms with Crippen LogP contribution in [0.1, 0.15) is 18.4 Å². The molecule has 1 saturated heterocycles. The minimum Gasteiger partial charge on any atom is -0.497 e. The second-order valence-corrected chi connectivity index (χ2v) is 8.09. The molecule has 9 nitrogen and oxygen atoms in total. The van der Waals surface area contributed by atoms with Crippen LogP contribution in [0.5, 0.6) is 11.5 Å². The van der Waals surface area contributed by atoms with Crippen molar-refractivity contribution >= 4 is 23.5 Å². The molecule has 9 heteroatoms. The highest BCUT2D eigenvalue weighted by molar-refractivity contribution is 6.01. The van der Waals surface area contributed by atoms with Crippen LogP contribution < -0.4 is 20.1 Å². The zero-order valence-electron chi connectivity index (χ0n) is 19.7. The summed E-state index contributed by atoms with van der Waals surface area (Å²) in [5, 5.41) is 4.98. The van der Waals surface area contributed by atoms with Crippen molar-refractivity contribution in [3.63, 3.8) is 0 Å². The maximum absolute atomic E-state index is 12.7. The standard InChI is InChI=1S/C25H32N4O5/c1-33-21-9-4-19(5-10-21)6-13-24(31)29-15-3-14-28(16-17-29)18-23(30)27-25(32)26-20-7-11-22(34-2)12-8-20/h4-5,7-12H,3,6,13-18H2,1-2H3,(H2,26,27,30,32). The van der Waals surface area contributed by atoms with E-state index in [2.05, 4.69) is 10.6 Å². The lowest BCUT2D eigenvalue weighted by atomic mass is 10.1. The Morgan fingerprint density at radius 3 is 2.15 bits per heavy atom. The molecule has 3 rings (SSSR count). The number of rotatable bonds is 8. The zero-order valence-corrected chi connectivity index (χ0v) is 19.7. The highest BCUT2D eigenvalue weighted by atomic mass is 16.5. The molecule has 1 aliphatic heterocycles. The summed E-state index contributed by atoms with van der Waals surface area (Å²) in [4.78, 5) is 40.9. The number of aryl methyl sites for hydroxylation is 1. The molecule has 2 N–H and O–H groups in total. The number of benzene rings is 2. The van der Waals surface area contributed by atoms with Gasteiger partial charge in [-0.05, 0) is 54.8 Å². The SMILES string of the molecule is COc1ccc(CCC(=O)N2CCCN(CC(=O)NC(=O)Nc3ccc(OC)cc3)CC2)cc1. The van der Waals surface area contributed by atoms with Crippen LogP contribution in [0.15, 0.2) is 48.5 Å². The predicted molar refractivity (Wildman–Crippen MR) is 129 cm³/mol. The van der Waals surface area contributed by atoms with Crippen LogP contribution in [0.2, 0.25) is 0 Å². The van der Waals surface area contributed by atoms with Crippen molar-refractivity contribution in [2.24, 2.45) is 0 Å². The van der Waals surface area contributed by atoms with Gasteiger partial charge in [0.05, 0.1) is 20.8 Å². The van der Waals surface area contributed by atoms with E-state index < -0.39 is 6.03 Å². The first-order chi connectivity index (χ1) is 16.5. The van der Waals surface area contributed by atoms with Crippen molar-refractivity contribution in [2.45, 2.75) is 19.3 Å². The van der Waals surface area contributed by atoms with Crippen molar-refractivity contribution < 1.29 is 23.9 Å². The van der Waals surface area contributed by atoms with Gasteiger partial charge < -0.3 is 19.7 Å². The molecular weight excluding hydrogens is 436 g/mol. The smallest absolute Gasteiger partial charge is 0.325 e. The molecule has 1 heterocycles. The fraction of sp³-hybridized carbons (Fsp3) is 0.400. The minimum atomic E-state index is -0.583. The molecule has 4 amide bonds. The second-order valence-electron chi connectivity index (χ2n) is 8.09. The van der Waals surface area contributed by atoms with Crippen LogP contribution in [-0.4, -0.2) is 74.6 Å². The summed E-state index contributed by atoms with van der Waals surface area (Å²) >= 11 is 0. The van der Waals surface area contributed by atoms with Gasteiger partial charge in [-0.2, -0.15) is 0 Å². The van der Waals surface area contributed by atoms with Crippen LogP contribution in [0.3, 0.4) is 0 Å². The third kappa shape index (κ3) is 7.77. The van der Waals surface area contributed by atoms with Gasteiger partial charge in [0.2, 0.25) is 11.8 Å². The van der Waals surface area contributed by atoms with E-state index in [-0.39, 0.29) is 18.4 Å². The molecule has 1 fully saturated rings. The Kier molecular flexibility index (Phi) is 9.28. The van der Waals surface area contributed by atoms with Gasteiger partial charge in [-0.3, -0.25) is 19.8 Å². The Balaban J connectivity index is 1.39. The highest BCUT2D eigenvalue weighted by Crippen LogP contribution is 2.15. The van der Waals surface area contributed by atoms with Crippen LogP contribution >= 0.6 is 0 Å². The average Bonchev–Trinajstić information content (AvgIpc) is 3.08. The number of nitrogens with one attached hydrogen (secondary N) is 2. The maximum atomic E-state index is 12.7. The van der Waals surface area contributed by atoms with Gasteiger partial charge in [0.25, 0.3) is 0 Å². The van der Waals surface area contributed by atoms with Crippen LogP contribution in [-0.2, 0) is 16.0 Å². The molecule has 0 radical (unpaired) electrons. The summed E-state index contributed by atoms with van der Waals surface area (Å²) in [6.07, 6.45) is 1.90. The van der Waals surface area contributed by atoms with Crippen LogP contribution in [0, 0.1) is 0 Å². The maximum Gasteiger partial charge on any atom is 0.325 e. The van der Waals surface area contributed by atoms with Crippen LogP contribution in [0.25, 0.3) is 0 Å². The molecule has 2 aromatic rings. The van der Waals surface area contributed by atoms with Gasteiger partial charge in [-0.1, -0.05) is 12.1 Å². The number of urea groups is 1. The third-order valence-electron chi connectivity index (χ3n) is 5.70. The van der Waals surface area contributed by atoms with E-state index in [4.69, 9.17) is 9.47 Å². The number of ether oxygens (including phenoxy) is 2. The topological polar surface area (TPSA) is 100 Å². The fourth-order valence-electron chi connectivity index (χ4n) is 3.79. The lowest BCUT2D eigenvalue weighted by Crippen LogP contribution is -2.43. The van der Waals surface area contributed by atoms with Crippen molar-refractivity contribution in [3.8, 4) is 11.5 Å². The first-order valence-electron chi connectivity index (χ1n) is 11.3. The predicted octanol–water partition coefficient (Wildman–Crippen LogP) is 2.52. The Morgan fingerprint density at radius 2 is 1.50 bits per heavy atom. The summed E-state index contributed by atoms with van der Waals surface area (Å²) in [5.74, 6) is 1.20. The summed E-state index contributed by atoms with van der Waals surface area (Å²) in [6, 6.07) is 14.0. The Hall–Kier alpha value is -3.59. The van der Waals surface area contributed by atoms with E-state index in [0.717, 1.165) is 17.7 Å². The molecule has 0 bridgehead atoms. The first kappa shape index (κ1) is 25.0. The lowest BCUT2D eigenvalue weighted by molar-refractivity contribution is -0.131. The van der Waals surface area contributed by atoms with E-state index in [0.29, 0.717) is 50.5 Å². The molecule has 0 aromatic heterocycles. The molecule has 0 saturated carbocycles. The molecule has 182 valence electrons. The Labute approximate surface area is 200 Å². The monoisotopic (exact) mass is 468 g/mol. The number of carbonyl (C=O) groups is 3. The number of methoxy groups -OCH3 is 2. The number of hydrogen-bond acceptors (Lipinski definition) is 6. The zero-order chi connectivity index (χ0) is 24.3. The largest absolute Gasteiger partial charge is 0.497 e. The normalized spacial score (nSPS) is 14.1. The van der Waals surface area contributed by atoms with E-state index in [9.17, 15) is 14.4 Å². The summed E-state index contributed by atoms with van der Waals surface area (Å²) in [7, 11) is 3.19. The quantitative estimate of drug-likeness (QED) is 0.618. The van der Waals surface area contributed by atoms with Crippen molar-refractivity contribution in [1.82, 2.24) is 15.1 Å². The Bertz CT molecular complexity index is 962. The molecule has 0 unspecified atom stereocenters. The van der Waals surface area contributed by atoms with Crippen molar-refractivity contribution in [1.29, 1.82) is 0 Å². The van der Waals surface area contributed by atoms with Crippen molar-refractivity contribution in [3.05, 3.63) is 54.1 Å². The third-order valence-corrected chi connectivity index (χ3v) is 5.70. The molecule has 1 aliphatic rings. The number of anilines is 1. The second kappa shape index (κ2) is 12.6.